The maximum absolute atomic E-state index is 13.1. The molecular weight excluding hydrogens is 1350 g/mol. The lowest BCUT2D eigenvalue weighted by Crippen LogP contribution is -2.30. The molecule has 0 aromatic heterocycles. The standard InChI is InChI=1S/C85H136O17P2/c1-5-9-13-17-21-25-29-33-36-38-39-41-43-47-50-54-58-62-66-70-83(88)96-76-81(102-85(90)72-68-64-60-56-52-48-44-40-37-34-30-26-22-18-14-10-6-2)78-100-104(93,94)98-74-79(86)73-97-103(91,92)99-77-80(101-84(89)71-67-63-59-55-51-45-32-28-24-20-16-12-8-4)75-95-82(87)69-65-61-57-53-49-46-42-35-31-27-23-19-15-11-7-3/h9-11,13-15,21-23,25-27,33-37,39,41-42,44,47-50,53,56,58,60,62,79-81,86H,5-8,12,16-20,24,28-32,38,40,43,45-46,51-52,54-55,57,59,61,63-78H2,1-4H3,(H,91,92)(H,93,94)/b13-9-,14-10-,15-11-,25-21-,26-22-,27-23-,36-33-,37-34-,41-39-,42-35-,48-44-,50-47-,53-49-,60-56-,62-58-. The van der Waals surface area contributed by atoms with E-state index in [0.717, 1.165) is 128 Å². The van der Waals surface area contributed by atoms with Crippen LogP contribution in [0.1, 0.15) is 272 Å². The quantitative estimate of drug-likeness (QED) is 0.0169. The molecule has 0 aliphatic carbocycles. The third-order valence-electron chi connectivity index (χ3n) is 15.4. The van der Waals surface area contributed by atoms with Crippen LogP contribution in [0.5, 0.6) is 0 Å². The highest BCUT2D eigenvalue weighted by Gasteiger charge is 2.30. The van der Waals surface area contributed by atoms with Gasteiger partial charge in [0, 0.05) is 25.7 Å². The molecule has 0 aromatic rings. The first-order valence-electron chi connectivity index (χ1n) is 39.0. The zero-order chi connectivity index (χ0) is 76.0. The average Bonchev–Trinajstić information content (AvgIpc) is 0.911. The molecule has 0 aliphatic heterocycles. The number of hydrogen-bond donors (Lipinski definition) is 3. The average molecular weight is 1490 g/mol. The Kier molecular flexibility index (Phi) is 71.2. The van der Waals surface area contributed by atoms with Gasteiger partial charge in [-0.1, -0.05) is 287 Å². The number of allylic oxidation sites excluding steroid dienone is 30. The molecule has 0 radical (unpaired) electrons. The molecule has 0 fully saturated rings. The van der Waals surface area contributed by atoms with E-state index in [-0.39, 0.29) is 25.7 Å². The molecule has 17 nitrogen and oxygen atoms in total. The molecular formula is C85H136O17P2. The highest BCUT2D eigenvalue weighted by Crippen LogP contribution is 2.45. The summed E-state index contributed by atoms with van der Waals surface area (Å²) in [5, 5.41) is 10.6. The van der Waals surface area contributed by atoms with E-state index in [1.54, 1.807) is 0 Å². The van der Waals surface area contributed by atoms with E-state index in [2.05, 4.69) is 180 Å². The van der Waals surface area contributed by atoms with Gasteiger partial charge in [-0.3, -0.25) is 37.3 Å². The maximum Gasteiger partial charge on any atom is 0.472 e. The summed E-state index contributed by atoms with van der Waals surface area (Å²) in [4.78, 5) is 72.9. The van der Waals surface area contributed by atoms with E-state index in [1.165, 1.54) is 51.4 Å². The van der Waals surface area contributed by atoms with Crippen LogP contribution in [0.3, 0.4) is 0 Å². The minimum absolute atomic E-state index is 0.00719. The van der Waals surface area contributed by atoms with Gasteiger partial charge in [-0.05, 0) is 141 Å². The van der Waals surface area contributed by atoms with Gasteiger partial charge in [0.2, 0.25) is 0 Å². The fourth-order valence-corrected chi connectivity index (χ4v) is 11.1. The lowest BCUT2D eigenvalue weighted by molar-refractivity contribution is -0.161. The van der Waals surface area contributed by atoms with E-state index in [0.29, 0.717) is 38.5 Å². The number of aliphatic hydroxyl groups excluding tert-OH is 1. The van der Waals surface area contributed by atoms with Crippen LogP contribution in [0, 0.1) is 0 Å². The predicted molar refractivity (Wildman–Crippen MR) is 426 cm³/mol. The summed E-state index contributed by atoms with van der Waals surface area (Å²) in [7, 11) is -10.0. The molecule has 588 valence electrons. The molecule has 5 unspecified atom stereocenters. The Morgan fingerprint density at radius 1 is 0.279 bits per heavy atom. The number of esters is 4. The second kappa shape index (κ2) is 75.4. The van der Waals surface area contributed by atoms with Crippen molar-refractivity contribution in [2.45, 2.75) is 290 Å². The van der Waals surface area contributed by atoms with Gasteiger partial charge in [0.05, 0.1) is 26.4 Å². The first-order valence-corrected chi connectivity index (χ1v) is 42.0. The third-order valence-corrected chi connectivity index (χ3v) is 17.3. The van der Waals surface area contributed by atoms with Crippen LogP contribution in [0.15, 0.2) is 182 Å². The molecule has 0 amide bonds. The number of phosphoric ester groups is 2. The molecule has 0 spiro atoms. The van der Waals surface area contributed by atoms with Gasteiger partial charge in [0.1, 0.15) is 19.3 Å². The Bertz CT molecular complexity index is 2690. The van der Waals surface area contributed by atoms with Crippen molar-refractivity contribution in [1.29, 1.82) is 0 Å². The molecule has 0 saturated carbocycles. The van der Waals surface area contributed by atoms with Gasteiger partial charge in [-0.15, -0.1) is 0 Å². The van der Waals surface area contributed by atoms with Crippen LogP contribution in [-0.4, -0.2) is 96.7 Å². The zero-order valence-corrected chi connectivity index (χ0v) is 65.9. The number of aliphatic hydroxyl groups is 1. The van der Waals surface area contributed by atoms with Crippen molar-refractivity contribution >= 4 is 39.5 Å². The van der Waals surface area contributed by atoms with Crippen molar-refractivity contribution in [3.63, 3.8) is 0 Å². The summed E-state index contributed by atoms with van der Waals surface area (Å²) < 4.78 is 68.4. The molecule has 0 aromatic carbocycles. The summed E-state index contributed by atoms with van der Waals surface area (Å²) >= 11 is 0. The number of unbranched alkanes of at least 4 members (excludes halogenated alkanes) is 15. The van der Waals surface area contributed by atoms with Crippen LogP contribution in [0.2, 0.25) is 0 Å². The fraction of sp³-hybridized carbons (Fsp3) is 0.600. The normalized spacial score (nSPS) is 14.9. The monoisotopic (exact) mass is 1490 g/mol. The summed E-state index contributed by atoms with van der Waals surface area (Å²) in [6, 6.07) is 0. The predicted octanol–water partition coefficient (Wildman–Crippen LogP) is 22.8. The Hall–Kier alpha value is -5.84. The lowest BCUT2D eigenvalue weighted by Gasteiger charge is -2.21. The third kappa shape index (κ3) is 74.4. The van der Waals surface area contributed by atoms with Crippen molar-refractivity contribution in [2.75, 3.05) is 39.6 Å². The molecule has 19 heteroatoms. The van der Waals surface area contributed by atoms with Crippen molar-refractivity contribution in [3.8, 4) is 0 Å². The summed E-state index contributed by atoms with van der Waals surface area (Å²) in [5.74, 6) is -2.40. The summed E-state index contributed by atoms with van der Waals surface area (Å²) in [6.07, 6.45) is 90.5. The molecule has 104 heavy (non-hydrogen) atoms. The highest BCUT2D eigenvalue weighted by molar-refractivity contribution is 7.47. The van der Waals surface area contributed by atoms with E-state index >= 15 is 0 Å². The number of carbonyl (C=O) groups excluding carboxylic acids is 4. The fourth-order valence-electron chi connectivity index (χ4n) is 9.57. The van der Waals surface area contributed by atoms with E-state index in [9.17, 15) is 43.2 Å². The van der Waals surface area contributed by atoms with Crippen molar-refractivity contribution < 1.29 is 80.2 Å². The Morgan fingerprint density at radius 3 is 0.865 bits per heavy atom. The van der Waals surface area contributed by atoms with Gasteiger partial charge in [-0.25, -0.2) is 9.13 Å². The first kappa shape index (κ1) is 98.2. The minimum atomic E-state index is -5.02. The number of rotatable bonds is 71. The molecule has 0 aliphatic rings. The van der Waals surface area contributed by atoms with Crippen LogP contribution in [0.4, 0.5) is 0 Å². The maximum atomic E-state index is 13.1. The molecule has 3 N–H and O–H groups in total. The largest absolute Gasteiger partial charge is 0.472 e. The van der Waals surface area contributed by atoms with Crippen LogP contribution in [-0.2, 0) is 65.4 Å². The van der Waals surface area contributed by atoms with Gasteiger partial charge in [0.25, 0.3) is 0 Å². The van der Waals surface area contributed by atoms with Gasteiger partial charge in [0.15, 0.2) is 12.2 Å². The Morgan fingerprint density at radius 2 is 0.529 bits per heavy atom. The van der Waals surface area contributed by atoms with Crippen molar-refractivity contribution in [1.82, 2.24) is 0 Å². The second-order valence-corrected chi connectivity index (χ2v) is 28.1. The number of ether oxygens (including phenoxy) is 4. The van der Waals surface area contributed by atoms with Crippen molar-refractivity contribution in [3.05, 3.63) is 182 Å². The topological polar surface area (TPSA) is 237 Å². The zero-order valence-electron chi connectivity index (χ0n) is 64.1. The van der Waals surface area contributed by atoms with Gasteiger partial charge < -0.3 is 33.8 Å². The van der Waals surface area contributed by atoms with Gasteiger partial charge >= 0.3 is 39.5 Å². The first-order chi connectivity index (χ1) is 50.7. The SMILES string of the molecule is CC/C=C\C/C=C\C/C=C\C/C=C\C/C=C\C/C=C\CCC(=O)OCC(COP(=O)(O)OCC(O)COP(=O)(O)OCC(COC(=O)CCCC/C=C\C/C=C\C/C=C\C/C=C\CC)OC(=O)CCCCCCCCCCCCCCC)OC(=O)CCC/C=C\C/C=C\C/C=C\C/C=C\C/C=C\CC. The second-order valence-electron chi connectivity index (χ2n) is 25.2. The smallest absolute Gasteiger partial charge is 0.462 e. The number of phosphoric acid groups is 2. The lowest BCUT2D eigenvalue weighted by atomic mass is 10.0. The summed E-state index contributed by atoms with van der Waals surface area (Å²) in [5.41, 5.74) is 0. The van der Waals surface area contributed by atoms with Crippen LogP contribution in [0.25, 0.3) is 0 Å². The highest BCUT2D eigenvalue weighted by atomic mass is 31.2. The summed E-state index contributed by atoms with van der Waals surface area (Å²) in [6.45, 7) is 4.31. The van der Waals surface area contributed by atoms with Crippen molar-refractivity contribution in [2.24, 2.45) is 0 Å². The number of carbonyl (C=O) groups is 4. The molecule has 0 rings (SSSR count). The van der Waals surface area contributed by atoms with Crippen LogP contribution < -0.4 is 0 Å². The Labute approximate surface area is 628 Å². The Balaban J connectivity index is 5.53. The molecule has 0 bridgehead atoms. The molecule has 0 saturated heterocycles. The van der Waals surface area contributed by atoms with E-state index in [4.69, 9.17) is 37.0 Å². The minimum Gasteiger partial charge on any atom is -0.462 e. The van der Waals surface area contributed by atoms with Crippen LogP contribution >= 0.6 is 15.6 Å². The van der Waals surface area contributed by atoms with Gasteiger partial charge in [-0.2, -0.15) is 0 Å². The number of hydrogen-bond acceptors (Lipinski definition) is 15. The van der Waals surface area contributed by atoms with E-state index < -0.39 is 97.5 Å². The molecule has 0 heterocycles. The molecule has 5 atom stereocenters. The van der Waals surface area contributed by atoms with E-state index in [1.807, 2.05) is 30.4 Å².